The topological polar surface area (TPSA) is 37.6 Å². The zero-order valence-corrected chi connectivity index (χ0v) is 11.2. The predicted octanol–water partition coefficient (Wildman–Crippen LogP) is 3.30. The highest BCUT2D eigenvalue weighted by Gasteiger charge is 2.17. The number of rotatable bonds is 4. The third kappa shape index (κ3) is 1.95. The number of aromatic nitrogens is 2. The van der Waals surface area contributed by atoms with Gasteiger partial charge >= 0.3 is 0 Å². The van der Waals surface area contributed by atoms with Gasteiger partial charge in [0.05, 0.1) is 0 Å². The van der Waals surface area contributed by atoms with E-state index in [2.05, 4.69) is 4.98 Å². The molecule has 0 fully saturated rings. The SMILES string of the molecule is CCN(c1ccccc1)c1nc2ccccn2c1C=O. The van der Waals surface area contributed by atoms with E-state index in [0.29, 0.717) is 11.5 Å². The minimum absolute atomic E-state index is 0.575. The average Bonchev–Trinajstić information content (AvgIpc) is 2.87. The maximum atomic E-state index is 11.5. The molecule has 0 radical (unpaired) electrons. The number of fused-ring (bicyclic) bond motifs is 1. The fourth-order valence-corrected chi connectivity index (χ4v) is 2.37. The Balaban J connectivity index is 2.19. The fraction of sp³-hybridized carbons (Fsp3) is 0.125. The summed E-state index contributed by atoms with van der Waals surface area (Å²) in [7, 11) is 0. The summed E-state index contributed by atoms with van der Waals surface area (Å²) in [6.45, 7) is 2.79. The molecule has 4 heteroatoms. The number of imidazole rings is 1. The molecule has 0 amide bonds. The van der Waals surface area contributed by atoms with Crippen LogP contribution in [0.1, 0.15) is 17.4 Å². The molecule has 20 heavy (non-hydrogen) atoms. The van der Waals surface area contributed by atoms with Crippen LogP contribution in [0, 0.1) is 0 Å². The number of hydrogen-bond donors (Lipinski definition) is 0. The summed E-state index contributed by atoms with van der Waals surface area (Å²) >= 11 is 0. The van der Waals surface area contributed by atoms with E-state index in [4.69, 9.17) is 0 Å². The quantitative estimate of drug-likeness (QED) is 0.679. The van der Waals surface area contributed by atoms with Crippen molar-refractivity contribution < 1.29 is 4.79 Å². The van der Waals surface area contributed by atoms with Crippen LogP contribution in [0.25, 0.3) is 5.65 Å². The molecule has 4 nitrogen and oxygen atoms in total. The minimum Gasteiger partial charge on any atom is -0.325 e. The Morgan fingerprint density at radius 3 is 2.60 bits per heavy atom. The lowest BCUT2D eigenvalue weighted by molar-refractivity contribution is 0.111. The number of carbonyl (C=O) groups is 1. The van der Waals surface area contributed by atoms with Crippen molar-refractivity contribution >= 4 is 23.4 Å². The van der Waals surface area contributed by atoms with Gasteiger partial charge in [0.2, 0.25) is 0 Å². The molecule has 1 aromatic carbocycles. The van der Waals surface area contributed by atoms with Gasteiger partial charge in [-0.25, -0.2) is 4.98 Å². The fourth-order valence-electron chi connectivity index (χ4n) is 2.37. The zero-order valence-electron chi connectivity index (χ0n) is 11.2. The molecule has 3 aromatic rings. The van der Waals surface area contributed by atoms with Crippen LogP contribution in [-0.4, -0.2) is 22.2 Å². The molecule has 0 aliphatic heterocycles. The van der Waals surface area contributed by atoms with Gasteiger partial charge in [-0.05, 0) is 31.2 Å². The predicted molar refractivity (Wildman–Crippen MR) is 79.7 cm³/mol. The highest BCUT2D eigenvalue weighted by Crippen LogP contribution is 2.27. The third-order valence-corrected chi connectivity index (χ3v) is 3.30. The van der Waals surface area contributed by atoms with Gasteiger partial charge in [-0.15, -0.1) is 0 Å². The van der Waals surface area contributed by atoms with E-state index in [0.717, 1.165) is 24.2 Å². The van der Waals surface area contributed by atoms with Crippen molar-refractivity contribution in [2.24, 2.45) is 0 Å². The van der Waals surface area contributed by atoms with Crippen LogP contribution in [0.4, 0.5) is 11.5 Å². The molecule has 2 aromatic heterocycles. The summed E-state index contributed by atoms with van der Waals surface area (Å²) < 4.78 is 1.81. The third-order valence-electron chi connectivity index (χ3n) is 3.30. The molecule has 0 bridgehead atoms. The van der Waals surface area contributed by atoms with Crippen molar-refractivity contribution in [1.82, 2.24) is 9.38 Å². The number of carbonyl (C=O) groups excluding carboxylic acids is 1. The molecule has 3 rings (SSSR count). The molecule has 0 atom stereocenters. The van der Waals surface area contributed by atoms with Gasteiger partial charge in [0.15, 0.2) is 12.1 Å². The Kier molecular flexibility index (Phi) is 3.21. The lowest BCUT2D eigenvalue weighted by Gasteiger charge is -2.21. The first kappa shape index (κ1) is 12.4. The van der Waals surface area contributed by atoms with Gasteiger partial charge in [0, 0.05) is 18.4 Å². The summed E-state index contributed by atoms with van der Waals surface area (Å²) in [5.74, 6) is 0.694. The second kappa shape index (κ2) is 5.17. The summed E-state index contributed by atoms with van der Waals surface area (Å²) in [6, 6.07) is 15.7. The smallest absolute Gasteiger partial charge is 0.170 e. The van der Waals surface area contributed by atoms with Gasteiger partial charge in [-0.2, -0.15) is 0 Å². The first-order valence-corrected chi connectivity index (χ1v) is 6.60. The largest absolute Gasteiger partial charge is 0.325 e. The van der Waals surface area contributed by atoms with E-state index in [1.165, 1.54) is 0 Å². The van der Waals surface area contributed by atoms with E-state index in [1.807, 2.05) is 71.0 Å². The summed E-state index contributed by atoms with van der Waals surface area (Å²) in [6.07, 6.45) is 2.72. The number of benzene rings is 1. The Morgan fingerprint density at radius 1 is 1.15 bits per heavy atom. The number of nitrogens with zero attached hydrogens (tertiary/aromatic N) is 3. The Morgan fingerprint density at radius 2 is 1.90 bits per heavy atom. The standard InChI is InChI=1S/C16H15N3O/c1-2-18(13-8-4-3-5-9-13)16-14(12-20)19-11-7-6-10-15(19)17-16/h3-12H,2H2,1H3. The lowest BCUT2D eigenvalue weighted by atomic mass is 10.2. The summed E-state index contributed by atoms with van der Waals surface area (Å²) in [5, 5.41) is 0. The number of aldehydes is 1. The molecular formula is C16H15N3O. The van der Waals surface area contributed by atoms with Crippen molar-refractivity contribution in [2.75, 3.05) is 11.4 Å². The molecule has 100 valence electrons. The second-order valence-electron chi connectivity index (χ2n) is 4.45. The van der Waals surface area contributed by atoms with Gasteiger partial charge in [-0.3, -0.25) is 9.20 Å². The number of anilines is 2. The van der Waals surface area contributed by atoms with Crippen molar-refractivity contribution in [1.29, 1.82) is 0 Å². The maximum Gasteiger partial charge on any atom is 0.170 e. The molecule has 0 N–H and O–H groups in total. The highest BCUT2D eigenvalue weighted by atomic mass is 16.1. The van der Waals surface area contributed by atoms with E-state index in [1.54, 1.807) is 0 Å². The molecule has 0 aliphatic carbocycles. The minimum atomic E-state index is 0.575. The van der Waals surface area contributed by atoms with Gasteiger partial charge < -0.3 is 4.90 Å². The maximum absolute atomic E-state index is 11.5. The van der Waals surface area contributed by atoms with E-state index >= 15 is 0 Å². The normalized spacial score (nSPS) is 10.7. The van der Waals surface area contributed by atoms with Crippen LogP contribution >= 0.6 is 0 Å². The number of pyridine rings is 1. The molecule has 0 spiro atoms. The summed E-state index contributed by atoms with van der Waals surface area (Å²) in [5.41, 5.74) is 2.38. The van der Waals surface area contributed by atoms with Gasteiger partial charge in [0.25, 0.3) is 0 Å². The molecule has 0 saturated heterocycles. The van der Waals surface area contributed by atoms with Crippen LogP contribution in [0.5, 0.6) is 0 Å². The molecule has 0 unspecified atom stereocenters. The van der Waals surface area contributed by atoms with Crippen LogP contribution in [0.2, 0.25) is 0 Å². The summed E-state index contributed by atoms with van der Waals surface area (Å²) in [4.78, 5) is 18.1. The highest BCUT2D eigenvalue weighted by molar-refractivity contribution is 5.85. The van der Waals surface area contributed by atoms with Crippen LogP contribution in [0.3, 0.4) is 0 Å². The lowest BCUT2D eigenvalue weighted by Crippen LogP contribution is -2.18. The van der Waals surface area contributed by atoms with Crippen molar-refractivity contribution in [3.63, 3.8) is 0 Å². The Bertz CT molecular complexity index is 734. The number of para-hydroxylation sites is 1. The van der Waals surface area contributed by atoms with E-state index in [9.17, 15) is 4.79 Å². The Hall–Kier alpha value is -2.62. The second-order valence-corrected chi connectivity index (χ2v) is 4.45. The van der Waals surface area contributed by atoms with Crippen LogP contribution in [-0.2, 0) is 0 Å². The van der Waals surface area contributed by atoms with Crippen molar-refractivity contribution in [3.8, 4) is 0 Å². The van der Waals surface area contributed by atoms with E-state index in [-0.39, 0.29) is 0 Å². The molecule has 0 saturated carbocycles. The van der Waals surface area contributed by atoms with Gasteiger partial charge in [-0.1, -0.05) is 24.3 Å². The van der Waals surface area contributed by atoms with Crippen molar-refractivity contribution in [3.05, 3.63) is 60.4 Å². The Labute approximate surface area is 117 Å². The molecular weight excluding hydrogens is 250 g/mol. The monoisotopic (exact) mass is 265 g/mol. The molecule has 0 aliphatic rings. The van der Waals surface area contributed by atoms with E-state index < -0.39 is 0 Å². The zero-order chi connectivity index (χ0) is 13.9. The first-order valence-electron chi connectivity index (χ1n) is 6.60. The number of hydrogen-bond acceptors (Lipinski definition) is 3. The first-order chi connectivity index (χ1) is 9.85. The van der Waals surface area contributed by atoms with Crippen molar-refractivity contribution in [2.45, 2.75) is 6.92 Å². The average molecular weight is 265 g/mol. The van der Waals surface area contributed by atoms with Crippen LogP contribution in [0.15, 0.2) is 54.7 Å². The molecule has 2 heterocycles. The van der Waals surface area contributed by atoms with Gasteiger partial charge in [0.1, 0.15) is 11.3 Å². The van der Waals surface area contributed by atoms with Crippen LogP contribution < -0.4 is 4.90 Å².